The van der Waals surface area contributed by atoms with Gasteiger partial charge in [-0.25, -0.2) is 9.59 Å². The van der Waals surface area contributed by atoms with E-state index in [0.29, 0.717) is 0 Å². The molecule has 0 bridgehead atoms. The van der Waals surface area contributed by atoms with Crippen LogP contribution in [0.4, 0.5) is 4.79 Å². The summed E-state index contributed by atoms with van der Waals surface area (Å²) in [4.78, 5) is 36.8. The van der Waals surface area contributed by atoms with E-state index in [1.165, 1.54) is 23.6 Å². The Morgan fingerprint density at radius 2 is 2.05 bits per heavy atom. The first-order valence-electron chi connectivity index (χ1n) is 6.87. The number of hydrogen-bond acceptors (Lipinski definition) is 7. The zero-order valence-corrected chi connectivity index (χ0v) is 15.1. The van der Waals surface area contributed by atoms with Crippen LogP contribution in [0.3, 0.4) is 0 Å². The Kier molecular flexibility index (Phi) is 4.96. The second-order valence-electron chi connectivity index (χ2n) is 5.47. The van der Waals surface area contributed by atoms with Gasteiger partial charge < -0.3 is 19.1 Å². The minimum Gasteiger partial charge on any atom is -0.435 e. The van der Waals surface area contributed by atoms with Crippen molar-refractivity contribution in [3.63, 3.8) is 0 Å². The van der Waals surface area contributed by atoms with Gasteiger partial charge in [-0.15, -0.1) is 11.8 Å². The fraction of sp³-hybridized carbons (Fsp3) is 0.769. The van der Waals surface area contributed by atoms with Crippen LogP contribution in [0.2, 0.25) is 0 Å². The molecule has 0 aromatic carbocycles. The third-order valence-electron chi connectivity index (χ3n) is 3.41. The Bertz CT molecular complexity index is 499. The number of nitrogens with zero attached hydrogens (tertiary/aromatic N) is 1. The molecular weight excluding hydrogens is 378 g/mol. The van der Waals surface area contributed by atoms with Gasteiger partial charge in [0.2, 0.25) is 12.2 Å². The lowest BCUT2D eigenvalue weighted by molar-refractivity contribution is -0.179. The van der Waals surface area contributed by atoms with Crippen LogP contribution in [-0.4, -0.2) is 56.8 Å². The standard InChI is InChI=1S/C13H18BrNO6S/c1-5-19-12(18)21-6(2)20-11(17)8-13(3,4)22-10-7(14)9(16)15(8)10/h6-8,10H,5H2,1-4H3/t6?,7-,8-,10+/m0/s1. The summed E-state index contributed by atoms with van der Waals surface area (Å²) < 4.78 is 14.1. The molecule has 7 nitrogen and oxygen atoms in total. The third-order valence-corrected chi connectivity index (χ3v) is 6.22. The van der Waals surface area contributed by atoms with E-state index in [0.717, 1.165) is 0 Å². The zero-order chi connectivity index (χ0) is 16.7. The molecule has 2 aliphatic rings. The molecule has 0 spiro atoms. The molecule has 9 heteroatoms. The van der Waals surface area contributed by atoms with E-state index < -0.39 is 29.2 Å². The number of halogens is 1. The number of rotatable bonds is 4. The molecule has 2 saturated heterocycles. The van der Waals surface area contributed by atoms with Crippen LogP contribution in [0.25, 0.3) is 0 Å². The highest BCUT2D eigenvalue weighted by Crippen LogP contribution is 2.53. The molecule has 0 aromatic heterocycles. The average Bonchev–Trinajstić information content (AvgIpc) is 2.67. The molecule has 0 aromatic rings. The molecule has 2 heterocycles. The number of ether oxygens (including phenoxy) is 3. The smallest absolute Gasteiger partial charge is 0.435 e. The summed E-state index contributed by atoms with van der Waals surface area (Å²) in [6, 6.07) is -0.711. The highest BCUT2D eigenvalue weighted by molar-refractivity contribution is 9.10. The molecule has 2 aliphatic heterocycles. The number of amides is 1. The number of β-lactam (4-membered cyclic amide) rings is 1. The van der Waals surface area contributed by atoms with Gasteiger partial charge in [0, 0.05) is 11.7 Å². The topological polar surface area (TPSA) is 82.1 Å². The second kappa shape index (κ2) is 6.27. The zero-order valence-electron chi connectivity index (χ0n) is 12.7. The van der Waals surface area contributed by atoms with Crippen LogP contribution in [-0.2, 0) is 23.8 Å². The minimum atomic E-state index is -1.08. The van der Waals surface area contributed by atoms with Gasteiger partial charge in [0.1, 0.15) is 16.2 Å². The number of thioether (sulfide) groups is 1. The Balaban J connectivity index is 1.99. The summed E-state index contributed by atoms with van der Waals surface area (Å²) >= 11 is 4.85. The number of hydrogen-bond donors (Lipinski definition) is 0. The molecule has 0 radical (unpaired) electrons. The van der Waals surface area contributed by atoms with E-state index in [9.17, 15) is 14.4 Å². The van der Waals surface area contributed by atoms with E-state index in [2.05, 4.69) is 20.7 Å². The predicted molar refractivity (Wildman–Crippen MR) is 82.5 cm³/mol. The number of alkyl halides is 1. The molecule has 4 atom stereocenters. The molecule has 0 N–H and O–H groups in total. The van der Waals surface area contributed by atoms with Gasteiger partial charge in [-0.05, 0) is 20.8 Å². The van der Waals surface area contributed by atoms with Crippen molar-refractivity contribution in [1.29, 1.82) is 0 Å². The van der Waals surface area contributed by atoms with Crippen molar-refractivity contribution < 1.29 is 28.6 Å². The average molecular weight is 396 g/mol. The lowest BCUT2D eigenvalue weighted by atomic mass is 9.98. The summed E-state index contributed by atoms with van der Waals surface area (Å²) in [6.45, 7) is 7.00. The maximum atomic E-state index is 12.4. The molecule has 1 amide bonds. The van der Waals surface area contributed by atoms with Crippen molar-refractivity contribution >= 4 is 45.7 Å². The van der Waals surface area contributed by atoms with Crippen LogP contribution in [0.5, 0.6) is 0 Å². The lowest BCUT2D eigenvalue weighted by Crippen LogP contribution is -2.63. The summed E-state index contributed by atoms with van der Waals surface area (Å²) in [7, 11) is 0. The van der Waals surface area contributed by atoms with Crippen LogP contribution in [0.15, 0.2) is 0 Å². The number of carbonyl (C=O) groups is 3. The monoisotopic (exact) mass is 395 g/mol. The van der Waals surface area contributed by atoms with Gasteiger partial charge in [-0.1, -0.05) is 15.9 Å². The van der Waals surface area contributed by atoms with Gasteiger partial charge in [0.25, 0.3) is 0 Å². The fourth-order valence-electron chi connectivity index (χ4n) is 2.49. The van der Waals surface area contributed by atoms with E-state index >= 15 is 0 Å². The predicted octanol–water partition coefficient (Wildman–Crippen LogP) is 1.87. The number of esters is 1. The second-order valence-corrected chi connectivity index (χ2v) is 8.22. The molecular formula is C13H18BrNO6S. The lowest BCUT2D eigenvalue weighted by Gasteiger charge is -2.41. The summed E-state index contributed by atoms with van der Waals surface area (Å²) in [5, 5.41) is -0.0821. The van der Waals surface area contributed by atoms with Crippen LogP contribution < -0.4 is 0 Å². The first-order chi connectivity index (χ1) is 10.2. The highest BCUT2D eigenvalue weighted by atomic mass is 79.9. The molecule has 0 saturated carbocycles. The van der Waals surface area contributed by atoms with Crippen LogP contribution >= 0.6 is 27.7 Å². The highest BCUT2D eigenvalue weighted by Gasteiger charge is 2.63. The summed E-state index contributed by atoms with van der Waals surface area (Å²) in [5.41, 5.74) is 0. The summed E-state index contributed by atoms with van der Waals surface area (Å²) in [5.74, 6) is -0.728. The van der Waals surface area contributed by atoms with Gasteiger partial charge in [-0.2, -0.15) is 0 Å². The van der Waals surface area contributed by atoms with Crippen molar-refractivity contribution in [3.8, 4) is 0 Å². The molecule has 1 unspecified atom stereocenters. The largest absolute Gasteiger partial charge is 0.511 e. The van der Waals surface area contributed by atoms with Gasteiger partial charge >= 0.3 is 12.1 Å². The Morgan fingerprint density at radius 1 is 1.41 bits per heavy atom. The quantitative estimate of drug-likeness (QED) is 0.311. The van der Waals surface area contributed by atoms with E-state index in [1.807, 2.05) is 13.8 Å². The van der Waals surface area contributed by atoms with Crippen molar-refractivity contribution in [2.75, 3.05) is 6.61 Å². The minimum absolute atomic E-state index is 0.0821. The Morgan fingerprint density at radius 3 is 2.64 bits per heavy atom. The molecule has 2 fully saturated rings. The maximum Gasteiger partial charge on any atom is 0.511 e. The Labute approximate surface area is 141 Å². The van der Waals surface area contributed by atoms with Crippen molar-refractivity contribution in [1.82, 2.24) is 4.90 Å². The fourth-order valence-corrected chi connectivity index (χ4v) is 4.84. The SMILES string of the molecule is CCOC(=O)OC(C)OC(=O)[C@@H]1N2C(=O)[C@H](Br)[C@H]2SC1(C)C. The third kappa shape index (κ3) is 3.05. The van der Waals surface area contributed by atoms with Crippen LogP contribution in [0, 0.1) is 0 Å². The van der Waals surface area contributed by atoms with E-state index in [1.54, 1.807) is 6.92 Å². The molecule has 2 rings (SSSR count). The summed E-state index contributed by atoms with van der Waals surface area (Å²) in [6.07, 6.45) is -1.98. The van der Waals surface area contributed by atoms with Crippen molar-refractivity contribution in [3.05, 3.63) is 0 Å². The molecule has 22 heavy (non-hydrogen) atoms. The van der Waals surface area contributed by atoms with Crippen LogP contribution in [0.1, 0.15) is 27.7 Å². The number of fused-ring (bicyclic) bond motifs is 1. The molecule has 124 valence electrons. The van der Waals surface area contributed by atoms with Gasteiger partial charge in [-0.3, -0.25) is 4.79 Å². The first-order valence-corrected chi connectivity index (χ1v) is 8.66. The van der Waals surface area contributed by atoms with Gasteiger partial charge in [0.05, 0.1) is 6.61 Å². The van der Waals surface area contributed by atoms with Gasteiger partial charge in [0.15, 0.2) is 0 Å². The van der Waals surface area contributed by atoms with E-state index in [-0.39, 0.29) is 22.7 Å². The van der Waals surface area contributed by atoms with E-state index in [4.69, 9.17) is 9.47 Å². The Hall–Kier alpha value is -0.960. The first kappa shape index (κ1) is 17.4. The normalized spacial score (nSPS) is 30.1. The van der Waals surface area contributed by atoms with Crippen molar-refractivity contribution in [2.24, 2.45) is 0 Å². The van der Waals surface area contributed by atoms with Crippen molar-refractivity contribution in [2.45, 2.75) is 55.0 Å². The maximum absolute atomic E-state index is 12.4. The molecule has 0 aliphatic carbocycles. The number of carbonyl (C=O) groups excluding carboxylic acids is 3.